The lowest BCUT2D eigenvalue weighted by Gasteiger charge is -2.01. The van der Waals surface area contributed by atoms with E-state index in [1.165, 1.54) is 17.2 Å². The normalized spacial score (nSPS) is 12.5. The van der Waals surface area contributed by atoms with Gasteiger partial charge < -0.3 is 5.11 Å². The standard InChI is InChI=1S/C16H26O2/c1-13(2)7-5-8-14(3)9-6-10-15(4)11-16(18)12-17/h7,9,11,17H,5-6,8,10,12H2,1-4H3. The van der Waals surface area contributed by atoms with Crippen LogP contribution in [0.2, 0.25) is 0 Å². The van der Waals surface area contributed by atoms with Gasteiger partial charge in [0.2, 0.25) is 0 Å². The molecular weight excluding hydrogens is 224 g/mol. The van der Waals surface area contributed by atoms with E-state index >= 15 is 0 Å². The van der Waals surface area contributed by atoms with Crippen LogP contribution < -0.4 is 0 Å². The molecule has 0 atom stereocenters. The Bertz CT molecular complexity index is 342. The van der Waals surface area contributed by atoms with Gasteiger partial charge in [-0.25, -0.2) is 0 Å². The fourth-order valence-electron chi connectivity index (χ4n) is 1.63. The van der Waals surface area contributed by atoms with Gasteiger partial charge in [0, 0.05) is 0 Å². The van der Waals surface area contributed by atoms with Gasteiger partial charge in [0.25, 0.3) is 0 Å². The first-order valence-electron chi connectivity index (χ1n) is 6.55. The Labute approximate surface area is 111 Å². The van der Waals surface area contributed by atoms with E-state index in [1.807, 2.05) is 6.92 Å². The van der Waals surface area contributed by atoms with Crippen molar-refractivity contribution in [1.29, 1.82) is 0 Å². The van der Waals surface area contributed by atoms with Crippen LogP contribution in [-0.2, 0) is 4.79 Å². The summed E-state index contributed by atoms with van der Waals surface area (Å²) in [5.74, 6) is -0.211. The molecule has 0 fully saturated rings. The Morgan fingerprint density at radius 1 is 0.944 bits per heavy atom. The summed E-state index contributed by atoms with van der Waals surface area (Å²) in [6, 6.07) is 0. The predicted octanol–water partition coefficient (Wildman–Crippen LogP) is 3.97. The van der Waals surface area contributed by atoms with Crippen molar-refractivity contribution in [1.82, 2.24) is 0 Å². The zero-order valence-corrected chi connectivity index (χ0v) is 12.1. The van der Waals surface area contributed by atoms with E-state index in [1.54, 1.807) is 0 Å². The highest BCUT2D eigenvalue weighted by Crippen LogP contribution is 2.11. The molecular formula is C16H26O2. The summed E-state index contributed by atoms with van der Waals surface area (Å²) in [5.41, 5.74) is 3.79. The van der Waals surface area contributed by atoms with Crippen molar-refractivity contribution in [2.24, 2.45) is 0 Å². The summed E-state index contributed by atoms with van der Waals surface area (Å²) in [4.78, 5) is 11.0. The highest BCUT2D eigenvalue weighted by Gasteiger charge is 1.96. The Balaban J connectivity index is 3.97. The van der Waals surface area contributed by atoms with E-state index in [-0.39, 0.29) is 5.78 Å². The Hall–Kier alpha value is -1.15. The number of rotatable bonds is 8. The predicted molar refractivity (Wildman–Crippen MR) is 77.5 cm³/mol. The molecule has 0 aliphatic rings. The molecule has 0 saturated carbocycles. The number of aliphatic hydroxyl groups is 1. The average molecular weight is 250 g/mol. The van der Waals surface area contributed by atoms with E-state index in [0.29, 0.717) is 0 Å². The van der Waals surface area contributed by atoms with E-state index < -0.39 is 6.61 Å². The zero-order chi connectivity index (χ0) is 14.0. The van der Waals surface area contributed by atoms with Crippen LogP contribution in [0.5, 0.6) is 0 Å². The SMILES string of the molecule is CC(C)=CCCC(C)=CCCC(C)=CC(=O)CO. The Morgan fingerprint density at radius 3 is 2.06 bits per heavy atom. The van der Waals surface area contributed by atoms with E-state index in [9.17, 15) is 4.79 Å². The minimum Gasteiger partial charge on any atom is -0.388 e. The minimum atomic E-state index is -0.394. The van der Waals surface area contributed by atoms with E-state index in [4.69, 9.17) is 5.11 Å². The van der Waals surface area contributed by atoms with Gasteiger partial charge in [-0.1, -0.05) is 28.9 Å². The number of allylic oxidation sites excluding steroid dienone is 5. The van der Waals surface area contributed by atoms with Crippen LogP contribution in [0.15, 0.2) is 34.9 Å². The van der Waals surface area contributed by atoms with Crippen molar-refractivity contribution in [2.45, 2.75) is 53.4 Å². The second-order valence-corrected chi connectivity index (χ2v) is 5.02. The minimum absolute atomic E-state index is 0.211. The van der Waals surface area contributed by atoms with Crippen LogP contribution in [0, 0.1) is 0 Å². The molecule has 0 radical (unpaired) electrons. The fourth-order valence-corrected chi connectivity index (χ4v) is 1.63. The van der Waals surface area contributed by atoms with Crippen molar-refractivity contribution in [3.8, 4) is 0 Å². The van der Waals surface area contributed by atoms with Gasteiger partial charge in [-0.05, 0) is 59.5 Å². The summed E-state index contributed by atoms with van der Waals surface area (Å²) in [6.07, 6.45) is 10.1. The fraction of sp³-hybridized carbons (Fsp3) is 0.562. The van der Waals surface area contributed by atoms with Crippen molar-refractivity contribution in [2.75, 3.05) is 6.61 Å². The third kappa shape index (κ3) is 10.0. The van der Waals surface area contributed by atoms with Gasteiger partial charge in [0.1, 0.15) is 6.61 Å². The van der Waals surface area contributed by atoms with Crippen molar-refractivity contribution >= 4 is 5.78 Å². The molecule has 0 bridgehead atoms. The third-order valence-corrected chi connectivity index (χ3v) is 2.69. The highest BCUT2D eigenvalue weighted by molar-refractivity contribution is 5.91. The maximum atomic E-state index is 11.0. The average Bonchev–Trinajstić information content (AvgIpc) is 2.28. The number of hydrogen-bond donors (Lipinski definition) is 1. The summed E-state index contributed by atoms with van der Waals surface area (Å²) in [6.45, 7) is 7.92. The van der Waals surface area contributed by atoms with Gasteiger partial charge in [-0.2, -0.15) is 0 Å². The zero-order valence-electron chi connectivity index (χ0n) is 12.1. The third-order valence-electron chi connectivity index (χ3n) is 2.69. The molecule has 0 rings (SSSR count). The maximum absolute atomic E-state index is 11.0. The van der Waals surface area contributed by atoms with E-state index in [0.717, 1.165) is 31.3 Å². The first-order valence-corrected chi connectivity index (χ1v) is 6.55. The largest absolute Gasteiger partial charge is 0.388 e. The van der Waals surface area contributed by atoms with Gasteiger partial charge in [-0.3, -0.25) is 4.79 Å². The lowest BCUT2D eigenvalue weighted by molar-refractivity contribution is -0.117. The summed E-state index contributed by atoms with van der Waals surface area (Å²) >= 11 is 0. The second kappa shape index (κ2) is 9.84. The lowest BCUT2D eigenvalue weighted by Crippen LogP contribution is -1.99. The summed E-state index contributed by atoms with van der Waals surface area (Å²) in [5, 5.41) is 8.63. The molecule has 0 aromatic carbocycles. The Kier molecular flexibility index (Phi) is 9.21. The monoisotopic (exact) mass is 250 g/mol. The quantitative estimate of drug-likeness (QED) is 0.523. The van der Waals surface area contributed by atoms with Gasteiger partial charge >= 0.3 is 0 Å². The van der Waals surface area contributed by atoms with Crippen LogP contribution >= 0.6 is 0 Å². The second-order valence-electron chi connectivity index (χ2n) is 5.02. The number of hydrogen-bond acceptors (Lipinski definition) is 2. The molecule has 0 spiro atoms. The first-order chi connectivity index (χ1) is 8.45. The van der Waals surface area contributed by atoms with Crippen LogP contribution in [0.25, 0.3) is 0 Å². The molecule has 0 heterocycles. The van der Waals surface area contributed by atoms with Crippen LogP contribution in [0.1, 0.15) is 53.4 Å². The van der Waals surface area contributed by atoms with Crippen LogP contribution in [-0.4, -0.2) is 17.5 Å². The molecule has 102 valence electrons. The highest BCUT2D eigenvalue weighted by atomic mass is 16.3. The first kappa shape index (κ1) is 16.9. The van der Waals surface area contributed by atoms with Crippen LogP contribution in [0.4, 0.5) is 0 Å². The molecule has 0 saturated heterocycles. The molecule has 2 heteroatoms. The summed E-state index contributed by atoms with van der Waals surface area (Å²) in [7, 11) is 0. The molecule has 18 heavy (non-hydrogen) atoms. The molecule has 0 aromatic heterocycles. The molecule has 0 aromatic rings. The van der Waals surface area contributed by atoms with Gasteiger partial charge in [-0.15, -0.1) is 0 Å². The number of carbonyl (C=O) groups is 1. The van der Waals surface area contributed by atoms with Crippen LogP contribution in [0.3, 0.4) is 0 Å². The number of carbonyl (C=O) groups excluding carboxylic acids is 1. The van der Waals surface area contributed by atoms with E-state index in [2.05, 4.69) is 32.9 Å². The Morgan fingerprint density at radius 2 is 1.50 bits per heavy atom. The number of ketones is 1. The topological polar surface area (TPSA) is 37.3 Å². The van der Waals surface area contributed by atoms with Gasteiger partial charge in [0.05, 0.1) is 0 Å². The summed E-state index contributed by atoms with van der Waals surface area (Å²) < 4.78 is 0. The molecule has 2 nitrogen and oxygen atoms in total. The lowest BCUT2D eigenvalue weighted by atomic mass is 10.1. The molecule has 0 amide bonds. The molecule has 0 aliphatic carbocycles. The van der Waals surface area contributed by atoms with Gasteiger partial charge in [0.15, 0.2) is 5.78 Å². The van der Waals surface area contributed by atoms with Crippen molar-refractivity contribution in [3.63, 3.8) is 0 Å². The van der Waals surface area contributed by atoms with Crippen molar-refractivity contribution < 1.29 is 9.90 Å². The smallest absolute Gasteiger partial charge is 0.180 e. The van der Waals surface area contributed by atoms with Crippen molar-refractivity contribution in [3.05, 3.63) is 34.9 Å². The maximum Gasteiger partial charge on any atom is 0.180 e. The molecule has 0 aliphatic heterocycles. The molecule has 0 unspecified atom stereocenters. The number of aliphatic hydroxyl groups excluding tert-OH is 1. The molecule has 1 N–H and O–H groups in total.